The Labute approximate surface area is 151 Å². The molecule has 26 heavy (non-hydrogen) atoms. The van der Waals surface area contributed by atoms with Crippen LogP contribution in [0.2, 0.25) is 0 Å². The van der Waals surface area contributed by atoms with E-state index in [1.807, 2.05) is 31.2 Å². The van der Waals surface area contributed by atoms with E-state index >= 15 is 0 Å². The van der Waals surface area contributed by atoms with E-state index in [2.05, 4.69) is 5.32 Å². The van der Waals surface area contributed by atoms with Crippen molar-refractivity contribution in [1.82, 2.24) is 14.5 Å². The van der Waals surface area contributed by atoms with Crippen molar-refractivity contribution >= 4 is 5.91 Å². The average Bonchev–Trinajstić information content (AvgIpc) is 3.14. The fourth-order valence-corrected chi connectivity index (χ4v) is 3.03. The quantitative estimate of drug-likeness (QED) is 0.823. The van der Waals surface area contributed by atoms with Gasteiger partial charge < -0.3 is 10.1 Å². The average molecular weight is 357 g/mol. The van der Waals surface area contributed by atoms with Crippen LogP contribution in [0.1, 0.15) is 24.0 Å². The van der Waals surface area contributed by atoms with Gasteiger partial charge in [0.1, 0.15) is 6.54 Å². The first kappa shape index (κ1) is 18.1. The van der Waals surface area contributed by atoms with Gasteiger partial charge in [-0.15, -0.1) is 0 Å². The third-order valence-electron chi connectivity index (χ3n) is 4.59. The maximum absolute atomic E-state index is 12.6. The third kappa shape index (κ3) is 4.29. The van der Waals surface area contributed by atoms with Gasteiger partial charge in [0.15, 0.2) is 0 Å². The molecule has 1 aromatic heterocycles. The van der Waals surface area contributed by atoms with Gasteiger partial charge in [-0.3, -0.25) is 18.7 Å². The van der Waals surface area contributed by atoms with Crippen molar-refractivity contribution < 1.29 is 9.53 Å². The predicted octanol–water partition coefficient (Wildman–Crippen LogP) is 0.662. The summed E-state index contributed by atoms with van der Waals surface area (Å²) < 4.78 is 7.85. The number of amides is 1. The van der Waals surface area contributed by atoms with Gasteiger partial charge in [0.05, 0.1) is 12.6 Å². The van der Waals surface area contributed by atoms with Crippen LogP contribution in [0, 0.1) is 6.92 Å². The van der Waals surface area contributed by atoms with Crippen molar-refractivity contribution in [2.24, 2.45) is 0 Å². The number of ether oxygens (including phenoxy) is 1. The van der Waals surface area contributed by atoms with Crippen molar-refractivity contribution in [1.29, 1.82) is 0 Å². The number of rotatable bonds is 6. The number of aryl methyl sites for hydroxylation is 1. The van der Waals surface area contributed by atoms with E-state index < -0.39 is 11.2 Å². The summed E-state index contributed by atoms with van der Waals surface area (Å²) in [6.07, 6.45) is 3.39. The van der Waals surface area contributed by atoms with Crippen molar-refractivity contribution in [2.75, 3.05) is 13.2 Å². The molecular formula is C19H23N3O4. The zero-order valence-corrected chi connectivity index (χ0v) is 14.8. The van der Waals surface area contributed by atoms with Gasteiger partial charge >= 0.3 is 5.69 Å². The van der Waals surface area contributed by atoms with Crippen molar-refractivity contribution in [3.8, 4) is 0 Å². The highest BCUT2D eigenvalue weighted by Crippen LogP contribution is 2.10. The Kier molecular flexibility index (Phi) is 5.68. The smallest absolute Gasteiger partial charge is 0.331 e. The van der Waals surface area contributed by atoms with Crippen LogP contribution < -0.4 is 16.6 Å². The van der Waals surface area contributed by atoms with E-state index in [9.17, 15) is 14.4 Å². The molecule has 1 aliphatic heterocycles. The summed E-state index contributed by atoms with van der Waals surface area (Å²) in [7, 11) is 0. The Balaban J connectivity index is 1.72. The van der Waals surface area contributed by atoms with Gasteiger partial charge in [0.2, 0.25) is 5.91 Å². The molecule has 0 radical (unpaired) electrons. The van der Waals surface area contributed by atoms with E-state index in [1.165, 1.54) is 16.8 Å². The molecule has 0 aliphatic carbocycles. The van der Waals surface area contributed by atoms with Crippen LogP contribution in [-0.2, 0) is 22.6 Å². The summed E-state index contributed by atoms with van der Waals surface area (Å²) in [5.41, 5.74) is 1.07. The summed E-state index contributed by atoms with van der Waals surface area (Å²) in [6.45, 7) is 3.14. The molecule has 0 bridgehead atoms. The van der Waals surface area contributed by atoms with Crippen LogP contribution in [0.4, 0.5) is 0 Å². The molecule has 1 aromatic carbocycles. The SMILES string of the molecule is Cc1ccccc1Cn1ccc(=O)n(CC(=O)NC[C@H]2CCCO2)c1=O. The largest absolute Gasteiger partial charge is 0.376 e. The van der Waals surface area contributed by atoms with Crippen LogP contribution in [-0.4, -0.2) is 34.3 Å². The molecule has 1 N–H and O–H groups in total. The van der Waals surface area contributed by atoms with Gasteiger partial charge in [-0.25, -0.2) is 4.79 Å². The lowest BCUT2D eigenvalue weighted by molar-refractivity contribution is -0.122. The van der Waals surface area contributed by atoms with Gasteiger partial charge in [0.25, 0.3) is 5.56 Å². The molecule has 1 saturated heterocycles. The number of nitrogens with zero attached hydrogens (tertiary/aromatic N) is 2. The van der Waals surface area contributed by atoms with Gasteiger partial charge in [-0.2, -0.15) is 0 Å². The lowest BCUT2D eigenvalue weighted by atomic mass is 10.1. The second-order valence-electron chi connectivity index (χ2n) is 6.52. The summed E-state index contributed by atoms with van der Waals surface area (Å²) in [5, 5.41) is 2.73. The van der Waals surface area contributed by atoms with E-state index in [1.54, 1.807) is 0 Å². The Morgan fingerprint density at radius 2 is 2.08 bits per heavy atom. The second-order valence-corrected chi connectivity index (χ2v) is 6.52. The standard InChI is InChI=1S/C19H23N3O4/c1-14-5-2-3-6-15(14)12-21-9-8-18(24)22(19(21)25)13-17(23)20-11-16-7-4-10-26-16/h2-3,5-6,8-9,16H,4,7,10-13H2,1H3,(H,20,23)/t16-/m1/s1. The molecule has 0 spiro atoms. The minimum Gasteiger partial charge on any atom is -0.376 e. The first-order chi connectivity index (χ1) is 12.5. The Bertz CT molecular complexity index is 894. The minimum atomic E-state index is -0.493. The van der Waals surface area contributed by atoms with Crippen LogP contribution in [0.5, 0.6) is 0 Å². The third-order valence-corrected chi connectivity index (χ3v) is 4.59. The molecule has 3 rings (SSSR count). The highest BCUT2D eigenvalue weighted by molar-refractivity contribution is 5.75. The minimum absolute atomic E-state index is 0.0177. The maximum Gasteiger partial charge on any atom is 0.331 e. The molecule has 2 aromatic rings. The predicted molar refractivity (Wildman–Crippen MR) is 97.2 cm³/mol. The van der Waals surface area contributed by atoms with Crippen LogP contribution in [0.15, 0.2) is 46.1 Å². The topological polar surface area (TPSA) is 82.3 Å². The summed E-state index contributed by atoms with van der Waals surface area (Å²) in [6, 6.07) is 9.05. The van der Waals surface area contributed by atoms with Crippen molar-refractivity contribution in [2.45, 2.75) is 39.0 Å². The Hall–Kier alpha value is -2.67. The van der Waals surface area contributed by atoms with Gasteiger partial charge in [0, 0.05) is 25.4 Å². The fourth-order valence-electron chi connectivity index (χ4n) is 3.03. The molecule has 7 heteroatoms. The number of carbonyl (C=O) groups is 1. The number of aromatic nitrogens is 2. The molecular weight excluding hydrogens is 334 g/mol. The fraction of sp³-hybridized carbons (Fsp3) is 0.421. The zero-order valence-electron chi connectivity index (χ0n) is 14.8. The molecule has 0 unspecified atom stereocenters. The number of benzene rings is 1. The van der Waals surface area contributed by atoms with Crippen molar-refractivity contribution in [3.05, 3.63) is 68.5 Å². The monoisotopic (exact) mass is 357 g/mol. The molecule has 1 fully saturated rings. The molecule has 1 atom stereocenters. The first-order valence-electron chi connectivity index (χ1n) is 8.77. The highest BCUT2D eigenvalue weighted by atomic mass is 16.5. The number of hydrogen-bond acceptors (Lipinski definition) is 4. The van der Waals surface area contributed by atoms with Crippen LogP contribution >= 0.6 is 0 Å². The lowest BCUT2D eigenvalue weighted by Crippen LogP contribution is -2.44. The first-order valence-corrected chi connectivity index (χ1v) is 8.77. The molecule has 1 aliphatic rings. The molecule has 2 heterocycles. The molecule has 138 valence electrons. The van der Waals surface area contributed by atoms with Crippen LogP contribution in [0.25, 0.3) is 0 Å². The van der Waals surface area contributed by atoms with E-state index in [4.69, 9.17) is 4.74 Å². The highest BCUT2D eigenvalue weighted by Gasteiger charge is 2.17. The molecule has 7 nitrogen and oxygen atoms in total. The number of hydrogen-bond donors (Lipinski definition) is 1. The second kappa shape index (κ2) is 8.14. The maximum atomic E-state index is 12.6. The van der Waals surface area contributed by atoms with Gasteiger partial charge in [-0.1, -0.05) is 24.3 Å². The lowest BCUT2D eigenvalue weighted by Gasteiger charge is -2.13. The van der Waals surface area contributed by atoms with E-state index in [0.717, 1.165) is 28.5 Å². The Morgan fingerprint density at radius 1 is 1.27 bits per heavy atom. The van der Waals surface area contributed by atoms with E-state index in [0.29, 0.717) is 19.7 Å². The van der Waals surface area contributed by atoms with Crippen molar-refractivity contribution in [3.63, 3.8) is 0 Å². The summed E-state index contributed by atoms with van der Waals surface area (Å²) in [5.74, 6) is -0.367. The number of nitrogens with one attached hydrogen (secondary N) is 1. The number of carbonyl (C=O) groups excluding carboxylic acids is 1. The molecule has 0 saturated carbocycles. The molecule has 1 amide bonds. The Morgan fingerprint density at radius 3 is 2.81 bits per heavy atom. The van der Waals surface area contributed by atoms with Crippen LogP contribution in [0.3, 0.4) is 0 Å². The van der Waals surface area contributed by atoms with E-state index in [-0.39, 0.29) is 18.6 Å². The van der Waals surface area contributed by atoms with Gasteiger partial charge in [-0.05, 0) is 30.9 Å². The normalized spacial score (nSPS) is 16.6. The summed E-state index contributed by atoms with van der Waals surface area (Å²) >= 11 is 0. The zero-order chi connectivity index (χ0) is 18.5. The summed E-state index contributed by atoms with van der Waals surface area (Å²) in [4.78, 5) is 36.8.